The topological polar surface area (TPSA) is 12.0 Å². The third-order valence-corrected chi connectivity index (χ3v) is 3.09. The quantitative estimate of drug-likeness (QED) is 0.841. The highest BCUT2D eigenvalue weighted by molar-refractivity contribution is 9.10. The fraction of sp³-hybridized carbons (Fsp3) is 0.125. The largest absolute Gasteiger partial charge is 0.379 e. The zero-order chi connectivity index (χ0) is 12.8. The van der Waals surface area contributed by atoms with Gasteiger partial charge in [-0.15, -0.1) is 0 Å². The number of hydrogen-bond donors (Lipinski definition) is 1. The molecule has 1 unspecified atom stereocenters. The number of benzene rings is 2. The van der Waals surface area contributed by atoms with Gasteiger partial charge in [-0.05, 0) is 30.7 Å². The summed E-state index contributed by atoms with van der Waals surface area (Å²) in [6, 6.07) is 18.8. The second-order valence-corrected chi connectivity index (χ2v) is 5.13. The van der Waals surface area contributed by atoms with E-state index < -0.39 is 0 Å². The van der Waals surface area contributed by atoms with Gasteiger partial charge in [0.05, 0.1) is 0 Å². The van der Waals surface area contributed by atoms with Gasteiger partial charge in [0.15, 0.2) is 0 Å². The van der Waals surface area contributed by atoms with E-state index in [4.69, 9.17) is 0 Å². The Hall–Kier alpha value is -1.54. The summed E-state index contributed by atoms with van der Waals surface area (Å²) in [6.07, 6.45) is 4.30. The third-order valence-electron chi connectivity index (χ3n) is 2.60. The molecule has 2 rings (SSSR count). The maximum Gasteiger partial charge on any atom is 0.0419 e. The van der Waals surface area contributed by atoms with Gasteiger partial charge < -0.3 is 5.32 Å². The van der Waals surface area contributed by atoms with E-state index in [1.807, 2.05) is 30.3 Å². The molecule has 0 radical (unpaired) electrons. The van der Waals surface area contributed by atoms with Gasteiger partial charge in [-0.25, -0.2) is 0 Å². The summed E-state index contributed by atoms with van der Waals surface area (Å²) in [7, 11) is 0. The fourth-order valence-corrected chi connectivity index (χ4v) is 2.11. The van der Waals surface area contributed by atoms with Crippen molar-refractivity contribution >= 4 is 27.7 Å². The van der Waals surface area contributed by atoms with Crippen LogP contribution in [-0.2, 0) is 0 Å². The minimum Gasteiger partial charge on any atom is -0.379 e. The smallest absolute Gasteiger partial charge is 0.0419 e. The van der Waals surface area contributed by atoms with Gasteiger partial charge in [0, 0.05) is 16.2 Å². The molecule has 0 aliphatic heterocycles. The molecule has 0 amide bonds. The minimum absolute atomic E-state index is 0.291. The number of hydrogen-bond acceptors (Lipinski definition) is 1. The normalized spacial score (nSPS) is 12.6. The van der Waals surface area contributed by atoms with Gasteiger partial charge in [-0.1, -0.05) is 64.5 Å². The zero-order valence-corrected chi connectivity index (χ0v) is 11.9. The van der Waals surface area contributed by atoms with Crippen LogP contribution in [0.3, 0.4) is 0 Å². The van der Waals surface area contributed by atoms with E-state index in [9.17, 15) is 0 Å². The Morgan fingerprint density at radius 2 is 1.83 bits per heavy atom. The minimum atomic E-state index is 0.291. The Bertz CT molecular complexity index is 520. The predicted molar refractivity (Wildman–Crippen MR) is 82.7 cm³/mol. The van der Waals surface area contributed by atoms with Crippen LogP contribution in [0.2, 0.25) is 0 Å². The van der Waals surface area contributed by atoms with E-state index in [0.29, 0.717) is 6.04 Å². The van der Waals surface area contributed by atoms with E-state index in [-0.39, 0.29) is 0 Å². The molecule has 0 aliphatic rings. The van der Waals surface area contributed by atoms with Gasteiger partial charge in [0.1, 0.15) is 0 Å². The predicted octanol–water partition coefficient (Wildman–Crippen LogP) is 4.96. The average molecular weight is 302 g/mol. The Kier molecular flexibility index (Phi) is 4.59. The molecule has 1 N–H and O–H groups in total. The molecule has 0 saturated carbocycles. The first kappa shape index (κ1) is 12.9. The Morgan fingerprint density at radius 3 is 2.56 bits per heavy atom. The van der Waals surface area contributed by atoms with Crippen LogP contribution in [0.4, 0.5) is 5.69 Å². The summed E-state index contributed by atoms with van der Waals surface area (Å²) >= 11 is 3.47. The SMILES string of the molecule is CC(/C=C/c1ccccc1)Nc1cccc(Br)c1. The molecule has 92 valence electrons. The zero-order valence-electron chi connectivity index (χ0n) is 10.3. The number of nitrogens with one attached hydrogen (secondary N) is 1. The van der Waals surface area contributed by atoms with Crippen molar-refractivity contribution in [3.05, 3.63) is 70.7 Å². The highest BCUT2D eigenvalue weighted by atomic mass is 79.9. The highest BCUT2D eigenvalue weighted by Crippen LogP contribution is 2.16. The van der Waals surface area contributed by atoms with Crippen molar-refractivity contribution in [3.8, 4) is 0 Å². The average Bonchev–Trinajstić information content (AvgIpc) is 2.38. The second-order valence-electron chi connectivity index (χ2n) is 4.21. The van der Waals surface area contributed by atoms with Crippen LogP contribution in [0.25, 0.3) is 6.08 Å². The Labute approximate surface area is 117 Å². The van der Waals surface area contributed by atoms with E-state index in [2.05, 4.69) is 64.6 Å². The summed E-state index contributed by atoms with van der Waals surface area (Å²) in [5.41, 5.74) is 2.34. The van der Waals surface area contributed by atoms with E-state index in [1.165, 1.54) is 5.56 Å². The summed E-state index contributed by atoms with van der Waals surface area (Å²) < 4.78 is 1.09. The molecular weight excluding hydrogens is 286 g/mol. The van der Waals surface area contributed by atoms with E-state index in [1.54, 1.807) is 0 Å². The standard InChI is InChI=1S/C16H16BrN/c1-13(10-11-14-6-3-2-4-7-14)18-16-9-5-8-15(17)12-16/h2-13,18H,1H3/b11-10+. The molecule has 0 heterocycles. The van der Waals surface area contributed by atoms with Crippen LogP contribution in [0.15, 0.2) is 65.1 Å². The molecule has 2 aromatic carbocycles. The number of halogens is 1. The Morgan fingerprint density at radius 1 is 1.06 bits per heavy atom. The van der Waals surface area contributed by atoms with Crippen LogP contribution < -0.4 is 5.32 Å². The van der Waals surface area contributed by atoms with Crippen molar-refractivity contribution in [1.82, 2.24) is 0 Å². The van der Waals surface area contributed by atoms with Crippen molar-refractivity contribution in [2.45, 2.75) is 13.0 Å². The summed E-state index contributed by atoms with van der Waals surface area (Å²) in [6.45, 7) is 2.14. The first-order chi connectivity index (χ1) is 8.74. The lowest BCUT2D eigenvalue weighted by Crippen LogP contribution is -2.11. The number of anilines is 1. The van der Waals surface area contributed by atoms with Crippen LogP contribution in [0.1, 0.15) is 12.5 Å². The molecule has 1 atom stereocenters. The van der Waals surface area contributed by atoms with Gasteiger partial charge in [0.2, 0.25) is 0 Å². The molecule has 2 heteroatoms. The van der Waals surface area contributed by atoms with Crippen molar-refractivity contribution in [2.75, 3.05) is 5.32 Å². The molecule has 0 fully saturated rings. The second kappa shape index (κ2) is 6.41. The summed E-state index contributed by atoms with van der Waals surface area (Å²) in [5, 5.41) is 3.44. The van der Waals surface area contributed by atoms with Crippen LogP contribution >= 0.6 is 15.9 Å². The lowest BCUT2D eigenvalue weighted by Gasteiger charge is -2.11. The Balaban J connectivity index is 1.97. The molecule has 2 aromatic rings. The van der Waals surface area contributed by atoms with Gasteiger partial charge in [-0.2, -0.15) is 0 Å². The summed E-state index contributed by atoms with van der Waals surface area (Å²) in [4.78, 5) is 0. The van der Waals surface area contributed by atoms with Crippen molar-refractivity contribution in [3.63, 3.8) is 0 Å². The molecule has 0 aliphatic carbocycles. The van der Waals surface area contributed by atoms with E-state index in [0.717, 1.165) is 10.2 Å². The maximum atomic E-state index is 3.47. The monoisotopic (exact) mass is 301 g/mol. The molecule has 0 aromatic heterocycles. The molecular formula is C16H16BrN. The van der Waals surface area contributed by atoms with Crippen molar-refractivity contribution < 1.29 is 0 Å². The lowest BCUT2D eigenvalue weighted by molar-refractivity contribution is 1.00. The van der Waals surface area contributed by atoms with Crippen LogP contribution in [0, 0.1) is 0 Å². The lowest BCUT2D eigenvalue weighted by atomic mass is 10.2. The van der Waals surface area contributed by atoms with Crippen molar-refractivity contribution in [1.29, 1.82) is 0 Å². The van der Waals surface area contributed by atoms with E-state index >= 15 is 0 Å². The fourth-order valence-electron chi connectivity index (χ4n) is 1.71. The van der Waals surface area contributed by atoms with Gasteiger partial charge in [0.25, 0.3) is 0 Å². The molecule has 0 bridgehead atoms. The molecule has 1 nitrogen and oxygen atoms in total. The first-order valence-electron chi connectivity index (χ1n) is 5.99. The first-order valence-corrected chi connectivity index (χ1v) is 6.79. The van der Waals surface area contributed by atoms with Gasteiger partial charge in [-0.3, -0.25) is 0 Å². The highest BCUT2D eigenvalue weighted by Gasteiger charge is 1.97. The molecule has 18 heavy (non-hydrogen) atoms. The van der Waals surface area contributed by atoms with Crippen molar-refractivity contribution in [2.24, 2.45) is 0 Å². The molecule has 0 saturated heterocycles. The third kappa shape index (κ3) is 4.04. The maximum absolute atomic E-state index is 3.47. The number of rotatable bonds is 4. The van der Waals surface area contributed by atoms with Gasteiger partial charge >= 0.3 is 0 Å². The summed E-state index contributed by atoms with van der Waals surface area (Å²) in [5.74, 6) is 0. The van der Waals surface area contributed by atoms with Crippen LogP contribution in [0.5, 0.6) is 0 Å². The van der Waals surface area contributed by atoms with Crippen LogP contribution in [-0.4, -0.2) is 6.04 Å². The molecule has 0 spiro atoms.